The molecule has 0 saturated heterocycles. The summed E-state index contributed by atoms with van der Waals surface area (Å²) < 4.78 is 26.6. The first-order valence-corrected chi connectivity index (χ1v) is 6.06. The number of halogens is 3. The Bertz CT molecular complexity index is 734. The van der Waals surface area contributed by atoms with Crippen LogP contribution in [-0.2, 0) is 0 Å². The van der Waals surface area contributed by atoms with Crippen molar-refractivity contribution in [3.8, 4) is 0 Å². The van der Waals surface area contributed by atoms with E-state index < -0.39 is 29.1 Å². The molecular formula is C14H8ClF2NO3. The second kappa shape index (κ2) is 5.88. The molecule has 0 bridgehead atoms. The van der Waals surface area contributed by atoms with Gasteiger partial charge in [0.1, 0.15) is 11.6 Å². The molecule has 0 radical (unpaired) electrons. The maximum absolute atomic E-state index is 13.5. The predicted molar refractivity (Wildman–Crippen MR) is 72.7 cm³/mol. The van der Waals surface area contributed by atoms with Gasteiger partial charge in [-0.05, 0) is 30.3 Å². The van der Waals surface area contributed by atoms with Crippen LogP contribution in [0.2, 0.25) is 5.02 Å². The number of hydrogen-bond donors (Lipinski definition) is 2. The minimum atomic E-state index is -1.31. The van der Waals surface area contributed by atoms with E-state index in [4.69, 9.17) is 16.7 Å². The number of benzene rings is 2. The Labute approximate surface area is 123 Å². The van der Waals surface area contributed by atoms with Crippen molar-refractivity contribution in [3.05, 3.63) is 64.2 Å². The molecule has 1 amide bonds. The average molecular weight is 312 g/mol. The van der Waals surface area contributed by atoms with Crippen molar-refractivity contribution in [2.24, 2.45) is 0 Å². The molecule has 108 valence electrons. The van der Waals surface area contributed by atoms with Gasteiger partial charge < -0.3 is 10.4 Å². The van der Waals surface area contributed by atoms with E-state index in [1.165, 1.54) is 18.2 Å². The van der Waals surface area contributed by atoms with Gasteiger partial charge in [-0.3, -0.25) is 4.79 Å². The molecule has 0 heterocycles. The quantitative estimate of drug-likeness (QED) is 0.910. The molecular weight excluding hydrogens is 304 g/mol. The van der Waals surface area contributed by atoms with Crippen molar-refractivity contribution in [1.82, 2.24) is 0 Å². The zero-order valence-electron chi connectivity index (χ0n) is 10.4. The number of anilines is 1. The van der Waals surface area contributed by atoms with Crippen LogP contribution in [0.3, 0.4) is 0 Å². The van der Waals surface area contributed by atoms with Gasteiger partial charge >= 0.3 is 5.97 Å². The second-order valence-corrected chi connectivity index (χ2v) is 4.45. The summed E-state index contributed by atoms with van der Waals surface area (Å²) >= 11 is 5.83. The Morgan fingerprint density at radius 2 is 1.81 bits per heavy atom. The highest BCUT2D eigenvalue weighted by atomic mass is 35.5. The van der Waals surface area contributed by atoms with Crippen LogP contribution < -0.4 is 5.32 Å². The average Bonchev–Trinajstić information content (AvgIpc) is 2.43. The smallest absolute Gasteiger partial charge is 0.337 e. The Morgan fingerprint density at radius 3 is 2.48 bits per heavy atom. The standard InChI is InChI=1S/C14H8ClF2NO3/c15-10-3-1-2-8(14(20)21)12(10)18-13(19)9-6-7(16)4-5-11(9)17/h1-6H,(H,18,19)(H,20,21). The van der Waals surface area contributed by atoms with Gasteiger partial charge in [0.2, 0.25) is 0 Å². The van der Waals surface area contributed by atoms with E-state index in [9.17, 15) is 18.4 Å². The molecule has 0 aliphatic heterocycles. The largest absolute Gasteiger partial charge is 0.478 e. The first-order chi connectivity index (χ1) is 9.90. The van der Waals surface area contributed by atoms with Crippen LogP contribution in [0.4, 0.5) is 14.5 Å². The van der Waals surface area contributed by atoms with E-state index in [1.54, 1.807) is 0 Å². The molecule has 2 N–H and O–H groups in total. The molecule has 0 aliphatic carbocycles. The second-order valence-electron chi connectivity index (χ2n) is 4.05. The third kappa shape index (κ3) is 3.17. The number of carboxylic acids is 1. The first-order valence-electron chi connectivity index (χ1n) is 5.68. The summed E-state index contributed by atoms with van der Waals surface area (Å²) in [5.41, 5.74) is -0.987. The summed E-state index contributed by atoms with van der Waals surface area (Å²) in [6, 6.07) is 6.36. The monoisotopic (exact) mass is 311 g/mol. The lowest BCUT2D eigenvalue weighted by atomic mass is 10.1. The number of aromatic carboxylic acids is 1. The molecule has 2 rings (SSSR count). The van der Waals surface area contributed by atoms with Crippen LogP contribution in [0, 0.1) is 11.6 Å². The highest BCUT2D eigenvalue weighted by Crippen LogP contribution is 2.27. The maximum Gasteiger partial charge on any atom is 0.337 e. The fraction of sp³-hybridized carbons (Fsp3) is 0. The summed E-state index contributed by atoms with van der Waals surface area (Å²) in [5, 5.41) is 11.2. The number of amides is 1. The molecule has 4 nitrogen and oxygen atoms in total. The Morgan fingerprint density at radius 1 is 1.10 bits per heavy atom. The minimum Gasteiger partial charge on any atom is -0.478 e. The number of nitrogens with one attached hydrogen (secondary N) is 1. The fourth-order valence-corrected chi connectivity index (χ4v) is 1.90. The fourth-order valence-electron chi connectivity index (χ4n) is 1.68. The van der Waals surface area contributed by atoms with Crippen LogP contribution >= 0.6 is 11.6 Å². The van der Waals surface area contributed by atoms with Gasteiger partial charge in [-0.15, -0.1) is 0 Å². The van der Waals surface area contributed by atoms with Crippen LogP contribution in [0.1, 0.15) is 20.7 Å². The molecule has 0 atom stereocenters. The summed E-state index contributed by atoms with van der Waals surface area (Å²) in [7, 11) is 0. The Balaban J connectivity index is 2.41. The van der Waals surface area contributed by atoms with Gasteiger partial charge in [-0.1, -0.05) is 17.7 Å². The first kappa shape index (κ1) is 14.9. The Kier molecular flexibility index (Phi) is 4.18. The van der Waals surface area contributed by atoms with Gasteiger partial charge in [0, 0.05) is 0 Å². The van der Waals surface area contributed by atoms with Crippen molar-refractivity contribution < 1.29 is 23.5 Å². The summed E-state index contributed by atoms with van der Waals surface area (Å²) in [6.45, 7) is 0. The maximum atomic E-state index is 13.5. The lowest BCUT2D eigenvalue weighted by molar-refractivity contribution is 0.0698. The molecule has 0 aromatic heterocycles. The zero-order chi connectivity index (χ0) is 15.6. The predicted octanol–water partition coefficient (Wildman–Crippen LogP) is 3.57. The number of hydrogen-bond acceptors (Lipinski definition) is 2. The minimum absolute atomic E-state index is 0.0277. The molecule has 2 aromatic rings. The topological polar surface area (TPSA) is 66.4 Å². The molecule has 0 saturated carbocycles. The number of carbonyl (C=O) groups excluding carboxylic acids is 1. The van der Waals surface area contributed by atoms with Crippen LogP contribution in [0.15, 0.2) is 36.4 Å². The zero-order valence-corrected chi connectivity index (χ0v) is 11.1. The number of carboxylic acid groups (broad SMARTS) is 1. The summed E-state index contributed by atoms with van der Waals surface area (Å²) in [5.74, 6) is -4.04. The van der Waals surface area contributed by atoms with E-state index in [1.807, 2.05) is 0 Å². The summed E-state index contributed by atoms with van der Waals surface area (Å²) in [4.78, 5) is 23.0. The van der Waals surface area contributed by atoms with Gasteiger partial charge in [0.15, 0.2) is 0 Å². The number of rotatable bonds is 3. The van der Waals surface area contributed by atoms with E-state index in [-0.39, 0.29) is 16.3 Å². The third-order valence-electron chi connectivity index (χ3n) is 2.66. The molecule has 0 aliphatic rings. The van der Waals surface area contributed by atoms with Crippen LogP contribution in [-0.4, -0.2) is 17.0 Å². The van der Waals surface area contributed by atoms with Crippen molar-refractivity contribution in [2.45, 2.75) is 0 Å². The van der Waals surface area contributed by atoms with E-state index in [2.05, 4.69) is 5.32 Å². The number of carbonyl (C=O) groups is 2. The summed E-state index contributed by atoms with van der Waals surface area (Å²) in [6.07, 6.45) is 0. The van der Waals surface area contributed by atoms with Crippen molar-refractivity contribution in [1.29, 1.82) is 0 Å². The lowest BCUT2D eigenvalue weighted by Gasteiger charge is -2.10. The Hall–Kier alpha value is -2.47. The van der Waals surface area contributed by atoms with Crippen molar-refractivity contribution in [3.63, 3.8) is 0 Å². The molecule has 2 aromatic carbocycles. The normalized spacial score (nSPS) is 10.2. The van der Waals surface area contributed by atoms with Gasteiger partial charge in [0.05, 0.1) is 21.8 Å². The third-order valence-corrected chi connectivity index (χ3v) is 2.97. The van der Waals surface area contributed by atoms with Crippen molar-refractivity contribution >= 4 is 29.2 Å². The van der Waals surface area contributed by atoms with Gasteiger partial charge in [-0.25, -0.2) is 13.6 Å². The van der Waals surface area contributed by atoms with E-state index >= 15 is 0 Å². The highest BCUT2D eigenvalue weighted by molar-refractivity contribution is 6.34. The van der Waals surface area contributed by atoms with E-state index in [0.29, 0.717) is 6.07 Å². The lowest BCUT2D eigenvalue weighted by Crippen LogP contribution is -2.17. The van der Waals surface area contributed by atoms with Crippen LogP contribution in [0.5, 0.6) is 0 Å². The van der Waals surface area contributed by atoms with Crippen LogP contribution in [0.25, 0.3) is 0 Å². The molecule has 0 unspecified atom stereocenters. The highest BCUT2D eigenvalue weighted by Gasteiger charge is 2.18. The van der Waals surface area contributed by atoms with Gasteiger partial charge in [0.25, 0.3) is 5.91 Å². The molecule has 21 heavy (non-hydrogen) atoms. The number of para-hydroxylation sites is 1. The van der Waals surface area contributed by atoms with Crippen molar-refractivity contribution in [2.75, 3.05) is 5.32 Å². The van der Waals surface area contributed by atoms with E-state index in [0.717, 1.165) is 12.1 Å². The SMILES string of the molecule is O=C(Nc1c(Cl)cccc1C(=O)O)c1cc(F)ccc1F. The molecule has 0 spiro atoms. The molecule has 7 heteroatoms. The molecule has 0 fully saturated rings. The van der Waals surface area contributed by atoms with Gasteiger partial charge in [-0.2, -0.15) is 0 Å².